The number of benzene rings is 1. The van der Waals surface area contributed by atoms with Crippen LogP contribution >= 0.6 is 0 Å². The Kier molecular flexibility index (Phi) is 9.99. The Hall–Kier alpha value is -1.66. The van der Waals surface area contributed by atoms with E-state index in [0.717, 1.165) is 12.8 Å². The Morgan fingerprint density at radius 2 is 1.83 bits per heavy atom. The summed E-state index contributed by atoms with van der Waals surface area (Å²) in [5, 5.41) is 2.76. The molecule has 0 unspecified atom stereocenters. The average molecular weight is 327 g/mol. The van der Waals surface area contributed by atoms with Gasteiger partial charge in [-0.2, -0.15) is 0 Å². The normalized spacial score (nSPS) is 10.6. The summed E-state index contributed by atoms with van der Waals surface area (Å²) >= 11 is 0. The summed E-state index contributed by atoms with van der Waals surface area (Å²) in [6, 6.07) is 4.73. The van der Waals surface area contributed by atoms with Crippen molar-refractivity contribution < 1.29 is 23.4 Å². The standard InChI is InChI=1S/C17H26FNO4/c1-3-14(20)13-22-10-4-8-21-9-5-11-23-15-6-7-17(19-2)16(18)12-15/h6-7,12,19H,3-5,8-11,13H2,1-2H3. The number of Topliss-reactive ketones (excluding diaryl/α,β-unsaturated/α-hetero) is 1. The minimum atomic E-state index is -0.331. The molecule has 0 aromatic heterocycles. The molecule has 23 heavy (non-hydrogen) atoms. The van der Waals surface area contributed by atoms with Crippen LogP contribution in [0.5, 0.6) is 5.75 Å². The molecule has 0 heterocycles. The third-order valence-electron chi connectivity index (χ3n) is 3.15. The minimum absolute atomic E-state index is 0.113. The lowest BCUT2D eigenvalue weighted by Gasteiger charge is -2.09. The molecule has 0 atom stereocenters. The molecule has 0 bridgehead atoms. The second-order valence-electron chi connectivity index (χ2n) is 5.00. The molecule has 0 aliphatic heterocycles. The van der Waals surface area contributed by atoms with Gasteiger partial charge in [-0.15, -0.1) is 0 Å². The number of halogens is 1. The van der Waals surface area contributed by atoms with E-state index in [1.807, 2.05) is 6.92 Å². The number of hydrogen-bond acceptors (Lipinski definition) is 5. The lowest BCUT2D eigenvalue weighted by atomic mass is 10.3. The molecule has 130 valence electrons. The van der Waals surface area contributed by atoms with Crippen molar-refractivity contribution in [1.82, 2.24) is 0 Å². The van der Waals surface area contributed by atoms with E-state index in [-0.39, 0.29) is 18.2 Å². The van der Waals surface area contributed by atoms with Crippen molar-refractivity contribution in [3.63, 3.8) is 0 Å². The van der Waals surface area contributed by atoms with Gasteiger partial charge in [0, 0.05) is 45.8 Å². The highest BCUT2D eigenvalue weighted by Crippen LogP contribution is 2.20. The van der Waals surface area contributed by atoms with Crippen molar-refractivity contribution >= 4 is 11.5 Å². The first kappa shape index (κ1) is 19.4. The Balaban J connectivity index is 1.97. The summed E-state index contributed by atoms with van der Waals surface area (Å²) in [6.45, 7) is 4.17. The number of ketones is 1. The van der Waals surface area contributed by atoms with E-state index in [4.69, 9.17) is 14.2 Å². The highest BCUT2D eigenvalue weighted by Gasteiger charge is 2.02. The summed E-state index contributed by atoms with van der Waals surface area (Å²) in [4.78, 5) is 11.0. The first-order chi connectivity index (χ1) is 11.2. The lowest BCUT2D eigenvalue weighted by molar-refractivity contribution is -0.123. The number of hydrogen-bond donors (Lipinski definition) is 1. The molecule has 5 nitrogen and oxygen atoms in total. The average Bonchev–Trinajstić information content (AvgIpc) is 2.56. The van der Waals surface area contributed by atoms with Gasteiger partial charge in [-0.3, -0.25) is 4.79 Å². The molecule has 6 heteroatoms. The Morgan fingerprint density at radius 1 is 1.13 bits per heavy atom. The first-order valence-corrected chi connectivity index (χ1v) is 7.94. The van der Waals surface area contributed by atoms with Gasteiger partial charge in [0.25, 0.3) is 0 Å². The molecule has 0 aliphatic rings. The van der Waals surface area contributed by atoms with Crippen molar-refractivity contribution in [3.8, 4) is 5.75 Å². The molecule has 1 aromatic carbocycles. The summed E-state index contributed by atoms with van der Waals surface area (Å²) in [7, 11) is 1.67. The smallest absolute Gasteiger partial charge is 0.158 e. The zero-order chi connectivity index (χ0) is 16.9. The molecule has 1 aromatic rings. The van der Waals surface area contributed by atoms with Crippen molar-refractivity contribution in [1.29, 1.82) is 0 Å². The lowest BCUT2D eigenvalue weighted by Crippen LogP contribution is -2.10. The van der Waals surface area contributed by atoms with Crippen LogP contribution in [0, 0.1) is 5.82 Å². The van der Waals surface area contributed by atoms with Crippen LogP contribution in [0.25, 0.3) is 0 Å². The van der Waals surface area contributed by atoms with Gasteiger partial charge in [-0.05, 0) is 18.6 Å². The number of anilines is 1. The summed E-state index contributed by atoms with van der Waals surface area (Å²) in [5.41, 5.74) is 0.448. The molecule has 0 spiro atoms. The number of carbonyl (C=O) groups is 1. The third kappa shape index (κ3) is 8.52. The molecular formula is C17H26FNO4. The Labute approximate surface area is 137 Å². The van der Waals surface area contributed by atoms with E-state index in [2.05, 4.69) is 5.32 Å². The van der Waals surface area contributed by atoms with Gasteiger partial charge in [0.1, 0.15) is 18.2 Å². The number of nitrogens with one attached hydrogen (secondary N) is 1. The maximum atomic E-state index is 13.5. The quantitative estimate of drug-likeness (QED) is 0.564. The van der Waals surface area contributed by atoms with E-state index < -0.39 is 0 Å². The molecule has 0 aliphatic carbocycles. The fourth-order valence-electron chi connectivity index (χ4n) is 1.79. The van der Waals surface area contributed by atoms with Crippen molar-refractivity contribution in [2.45, 2.75) is 26.2 Å². The van der Waals surface area contributed by atoms with Gasteiger partial charge in [0.15, 0.2) is 5.78 Å². The van der Waals surface area contributed by atoms with Crippen LogP contribution < -0.4 is 10.1 Å². The maximum Gasteiger partial charge on any atom is 0.158 e. The number of ether oxygens (including phenoxy) is 3. The van der Waals surface area contributed by atoms with Gasteiger partial charge in [-0.25, -0.2) is 4.39 Å². The van der Waals surface area contributed by atoms with Crippen molar-refractivity contribution in [2.24, 2.45) is 0 Å². The molecule has 1 N–H and O–H groups in total. The topological polar surface area (TPSA) is 56.8 Å². The van der Waals surface area contributed by atoms with Crippen LogP contribution in [0.1, 0.15) is 26.2 Å². The van der Waals surface area contributed by atoms with Gasteiger partial charge in [0.2, 0.25) is 0 Å². The van der Waals surface area contributed by atoms with Gasteiger partial charge in [0.05, 0.1) is 12.3 Å². The predicted octanol–water partition coefficient (Wildman–Crippen LogP) is 3.04. The maximum absolute atomic E-state index is 13.5. The monoisotopic (exact) mass is 327 g/mol. The summed E-state index contributed by atoms with van der Waals surface area (Å²) < 4.78 is 29.6. The van der Waals surface area contributed by atoms with E-state index >= 15 is 0 Å². The van der Waals surface area contributed by atoms with Crippen LogP contribution in [0.4, 0.5) is 10.1 Å². The zero-order valence-electron chi connectivity index (χ0n) is 13.9. The minimum Gasteiger partial charge on any atom is -0.493 e. The van der Waals surface area contributed by atoms with Crippen molar-refractivity contribution in [3.05, 3.63) is 24.0 Å². The van der Waals surface area contributed by atoms with Gasteiger partial charge < -0.3 is 19.5 Å². The largest absolute Gasteiger partial charge is 0.493 e. The first-order valence-electron chi connectivity index (χ1n) is 7.94. The highest BCUT2D eigenvalue weighted by atomic mass is 19.1. The van der Waals surface area contributed by atoms with Gasteiger partial charge >= 0.3 is 0 Å². The summed E-state index contributed by atoms with van der Waals surface area (Å²) in [6.07, 6.45) is 2.00. The van der Waals surface area contributed by atoms with E-state index in [0.29, 0.717) is 44.3 Å². The van der Waals surface area contributed by atoms with Crippen LogP contribution in [-0.4, -0.2) is 45.9 Å². The number of rotatable bonds is 13. The fourth-order valence-corrected chi connectivity index (χ4v) is 1.79. The molecule has 0 radical (unpaired) electrons. The molecule has 1 rings (SSSR count). The molecule has 0 saturated carbocycles. The summed E-state index contributed by atoms with van der Waals surface area (Å²) in [5.74, 6) is 0.292. The molecule has 0 saturated heterocycles. The van der Waals surface area contributed by atoms with Crippen LogP contribution in [0.3, 0.4) is 0 Å². The highest BCUT2D eigenvalue weighted by molar-refractivity contribution is 5.79. The van der Waals surface area contributed by atoms with Crippen molar-refractivity contribution in [2.75, 3.05) is 45.4 Å². The zero-order valence-corrected chi connectivity index (χ0v) is 13.9. The fraction of sp³-hybridized carbons (Fsp3) is 0.588. The number of carbonyl (C=O) groups excluding carboxylic acids is 1. The molecular weight excluding hydrogens is 301 g/mol. The predicted molar refractivity (Wildman–Crippen MR) is 87.6 cm³/mol. The van der Waals surface area contributed by atoms with Crippen LogP contribution in [-0.2, 0) is 14.3 Å². The van der Waals surface area contributed by atoms with E-state index in [1.54, 1.807) is 19.2 Å². The Morgan fingerprint density at radius 3 is 2.48 bits per heavy atom. The van der Waals surface area contributed by atoms with Gasteiger partial charge in [-0.1, -0.05) is 6.92 Å². The third-order valence-corrected chi connectivity index (χ3v) is 3.15. The van der Waals surface area contributed by atoms with E-state index in [1.165, 1.54) is 6.07 Å². The van der Waals surface area contributed by atoms with E-state index in [9.17, 15) is 9.18 Å². The second-order valence-corrected chi connectivity index (χ2v) is 5.00. The molecule has 0 amide bonds. The van der Waals surface area contributed by atoms with Crippen LogP contribution in [0.2, 0.25) is 0 Å². The molecule has 0 fully saturated rings. The Bertz CT molecular complexity index is 468. The van der Waals surface area contributed by atoms with Crippen LogP contribution in [0.15, 0.2) is 18.2 Å². The second kappa shape index (κ2) is 11.8. The SMILES string of the molecule is CCC(=O)COCCCOCCCOc1ccc(NC)c(F)c1.